The fourth-order valence-electron chi connectivity index (χ4n) is 5.41. The highest BCUT2D eigenvalue weighted by atomic mass is 32.1. The molecule has 1 aliphatic heterocycles. The number of fused-ring (bicyclic) bond motifs is 1. The number of nitrogens with zero attached hydrogens (tertiary/aromatic N) is 2. The van der Waals surface area contributed by atoms with Gasteiger partial charge in [-0.25, -0.2) is 13.8 Å². The second-order valence-electron chi connectivity index (χ2n) is 10.8. The number of halogens is 4. The molecule has 0 radical (unpaired) electrons. The molecule has 1 N–H and O–H groups in total. The van der Waals surface area contributed by atoms with Gasteiger partial charge in [0.25, 0.3) is 11.5 Å². The van der Waals surface area contributed by atoms with Crippen LogP contribution in [0.3, 0.4) is 0 Å². The van der Waals surface area contributed by atoms with Crippen molar-refractivity contribution < 1.29 is 36.6 Å². The first-order valence-corrected chi connectivity index (χ1v) is 15.6. The molecular formula is C36H27F4N3O5S. The molecule has 0 saturated heterocycles. The van der Waals surface area contributed by atoms with E-state index in [1.54, 1.807) is 79.7 Å². The standard InChI is InChI=1S/C36H27F4N3O5S/c1-19-29(34(44)42-23-7-5-4-6-8-23)32(21-10-12-24(46-2)13-11-21)43-35(45)28(49-36(43)41-19)16-20-9-14-27(47-3)22(15-20)18-48-33-30(39)25(37)17-26(38)31(33)40/h4-17,32H,18H2,1-3H3,(H,42,44)/t32-/m1/s1. The molecule has 4 aromatic carbocycles. The molecule has 1 amide bonds. The highest BCUT2D eigenvalue weighted by Gasteiger charge is 2.32. The van der Waals surface area contributed by atoms with E-state index >= 15 is 0 Å². The minimum absolute atomic E-state index is 0.0913. The molecule has 0 unspecified atom stereocenters. The molecule has 8 nitrogen and oxygen atoms in total. The van der Waals surface area contributed by atoms with Crippen molar-refractivity contribution in [1.82, 2.24) is 4.57 Å². The van der Waals surface area contributed by atoms with E-state index in [1.165, 1.54) is 18.8 Å². The summed E-state index contributed by atoms with van der Waals surface area (Å²) in [6, 6.07) is 20.0. The SMILES string of the molecule is COc1ccc([C@@H]2C(C(=O)Nc3ccccc3)=C(C)N=c3sc(=Cc4ccc(OC)c(COc5c(F)c(F)cc(F)c5F)c4)c(=O)n32)cc1. The van der Waals surface area contributed by atoms with Gasteiger partial charge in [0, 0.05) is 17.3 Å². The number of methoxy groups -OCH3 is 2. The van der Waals surface area contributed by atoms with Gasteiger partial charge in [0.2, 0.25) is 11.6 Å². The minimum Gasteiger partial charge on any atom is -0.497 e. The maximum absolute atomic E-state index is 14.2. The van der Waals surface area contributed by atoms with E-state index < -0.39 is 53.1 Å². The number of allylic oxidation sites excluding steroid dienone is 1. The molecule has 0 aliphatic carbocycles. The summed E-state index contributed by atoms with van der Waals surface area (Å²) in [6.07, 6.45) is 1.59. The molecule has 250 valence electrons. The van der Waals surface area contributed by atoms with Crippen molar-refractivity contribution >= 4 is 29.0 Å². The number of para-hydroxylation sites is 1. The molecule has 5 aromatic rings. The predicted octanol–water partition coefficient (Wildman–Crippen LogP) is 6.03. The van der Waals surface area contributed by atoms with Crippen molar-refractivity contribution in [2.45, 2.75) is 19.6 Å². The Morgan fingerprint density at radius 3 is 2.29 bits per heavy atom. The molecule has 49 heavy (non-hydrogen) atoms. The highest BCUT2D eigenvalue weighted by molar-refractivity contribution is 7.07. The number of anilines is 1. The lowest BCUT2D eigenvalue weighted by molar-refractivity contribution is -0.113. The number of nitrogens with one attached hydrogen (secondary N) is 1. The van der Waals surface area contributed by atoms with Gasteiger partial charge in [-0.05, 0) is 60.5 Å². The number of benzene rings is 4. The summed E-state index contributed by atoms with van der Waals surface area (Å²) in [4.78, 5) is 32.9. The molecule has 0 bridgehead atoms. The first-order chi connectivity index (χ1) is 23.6. The lowest BCUT2D eigenvalue weighted by Crippen LogP contribution is -2.40. The Morgan fingerprint density at radius 2 is 1.63 bits per heavy atom. The van der Waals surface area contributed by atoms with Gasteiger partial charge < -0.3 is 19.5 Å². The molecule has 2 heterocycles. The Bertz CT molecular complexity index is 2260. The van der Waals surface area contributed by atoms with E-state index in [2.05, 4.69) is 10.3 Å². The third-order valence-corrected chi connectivity index (χ3v) is 8.76. The molecule has 1 aliphatic rings. The predicted molar refractivity (Wildman–Crippen MR) is 175 cm³/mol. The van der Waals surface area contributed by atoms with E-state index in [-0.39, 0.29) is 27.5 Å². The van der Waals surface area contributed by atoms with Gasteiger partial charge in [-0.3, -0.25) is 14.2 Å². The van der Waals surface area contributed by atoms with Gasteiger partial charge in [0.1, 0.15) is 18.1 Å². The van der Waals surface area contributed by atoms with E-state index in [1.807, 2.05) is 6.07 Å². The largest absolute Gasteiger partial charge is 0.497 e. The van der Waals surface area contributed by atoms with Gasteiger partial charge in [-0.15, -0.1) is 0 Å². The molecule has 1 atom stereocenters. The Kier molecular flexibility index (Phi) is 9.36. The summed E-state index contributed by atoms with van der Waals surface area (Å²) < 4.78 is 73.5. The quantitative estimate of drug-likeness (QED) is 0.151. The van der Waals surface area contributed by atoms with Crippen LogP contribution in [-0.2, 0) is 11.4 Å². The van der Waals surface area contributed by atoms with Crippen LogP contribution in [0.1, 0.15) is 29.7 Å². The molecule has 1 aromatic heterocycles. The van der Waals surface area contributed by atoms with Crippen molar-refractivity contribution in [2.75, 3.05) is 19.5 Å². The summed E-state index contributed by atoms with van der Waals surface area (Å²) in [5.74, 6) is -7.32. The normalized spacial score (nSPS) is 14.3. The number of aromatic nitrogens is 1. The van der Waals surface area contributed by atoms with Crippen LogP contribution in [0, 0.1) is 23.3 Å². The summed E-state index contributed by atoms with van der Waals surface area (Å²) in [6.45, 7) is 1.19. The summed E-state index contributed by atoms with van der Waals surface area (Å²) in [5.41, 5.74) is 2.28. The molecular weight excluding hydrogens is 662 g/mol. The van der Waals surface area contributed by atoms with Crippen LogP contribution in [0.4, 0.5) is 23.2 Å². The molecule has 0 spiro atoms. The van der Waals surface area contributed by atoms with E-state index in [9.17, 15) is 27.2 Å². The minimum atomic E-state index is -1.67. The van der Waals surface area contributed by atoms with E-state index in [4.69, 9.17) is 14.2 Å². The van der Waals surface area contributed by atoms with Crippen molar-refractivity contribution in [2.24, 2.45) is 4.99 Å². The van der Waals surface area contributed by atoms with Crippen molar-refractivity contribution in [1.29, 1.82) is 0 Å². The number of ether oxygens (including phenoxy) is 3. The molecule has 13 heteroatoms. The Balaban J connectivity index is 1.41. The van der Waals surface area contributed by atoms with Crippen LogP contribution in [0.2, 0.25) is 0 Å². The zero-order valence-corrected chi connectivity index (χ0v) is 27.0. The third kappa shape index (κ3) is 6.57. The van der Waals surface area contributed by atoms with Crippen LogP contribution in [0.5, 0.6) is 17.2 Å². The van der Waals surface area contributed by atoms with Crippen molar-refractivity contribution in [3.63, 3.8) is 0 Å². The molecule has 6 rings (SSSR count). The number of amides is 1. The maximum Gasteiger partial charge on any atom is 0.271 e. The summed E-state index contributed by atoms with van der Waals surface area (Å²) >= 11 is 1.11. The number of hydrogen-bond acceptors (Lipinski definition) is 7. The van der Waals surface area contributed by atoms with Crippen LogP contribution in [0.15, 0.2) is 99.9 Å². The number of carbonyl (C=O) groups is 1. The first kappa shape index (κ1) is 33.2. The zero-order valence-electron chi connectivity index (χ0n) is 26.2. The topological polar surface area (TPSA) is 91.2 Å². The monoisotopic (exact) mass is 689 g/mol. The Morgan fingerprint density at radius 1 is 0.939 bits per heavy atom. The number of thiazole rings is 1. The summed E-state index contributed by atoms with van der Waals surface area (Å²) in [5, 5.41) is 2.90. The second-order valence-corrected chi connectivity index (χ2v) is 11.8. The number of hydrogen-bond donors (Lipinski definition) is 1. The summed E-state index contributed by atoms with van der Waals surface area (Å²) in [7, 11) is 2.90. The molecule has 0 saturated carbocycles. The second kappa shape index (κ2) is 13.8. The maximum atomic E-state index is 14.2. The third-order valence-electron chi connectivity index (χ3n) is 7.78. The van der Waals surface area contributed by atoms with Crippen molar-refractivity contribution in [3.8, 4) is 17.2 Å². The van der Waals surface area contributed by atoms with Crippen LogP contribution < -0.4 is 34.4 Å². The number of carbonyl (C=O) groups excluding carboxylic acids is 1. The number of rotatable bonds is 9. The Hall–Kier alpha value is -5.69. The van der Waals surface area contributed by atoms with Crippen LogP contribution >= 0.6 is 11.3 Å². The van der Waals surface area contributed by atoms with Gasteiger partial charge in [-0.2, -0.15) is 8.78 Å². The average Bonchev–Trinajstić information content (AvgIpc) is 3.40. The van der Waals surface area contributed by atoms with Gasteiger partial charge in [0.05, 0.1) is 36.1 Å². The highest BCUT2D eigenvalue weighted by Crippen LogP contribution is 2.32. The smallest absolute Gasteiger partial charge is 0.271 e. The fourth-order valence-corrected chi connectivity index (χ4v) is 6.46. The first-order valence-electron chi connectivity index (χ1n) is 14.7. The van der Waals surface area contributed by atoms with Crippen LogP contribution in [-0.4, -0.2) is 24.7 Å². The fraction of sp³-hybridized carbons (Fsp3) is 0.139. The Labute approximate surface area is 280 Å². The van der Waals surface area contributed by atoms with Gasteiger partial charge >= 0.3 is 0 Å². The van der Waals surface area contributed by atoms with E-state index in [0.29, 0.717) is 33.1 Å². The molecule has 0 fully saturated rings. The lowest BCUT2D eigenvalue weighted by Gasteiger charge is -2.25. The van der Waals surface area contributed by atoms with E-state index in [0.717, 1.165) is 11.3 Å². The van der Waals surface area contributed by atoms with Gasteiger partial charge in [0.15, 0.2) is 22.2 Å². The van der Waals surface area contributed by atoms with Gasteiger partial charge in [-0.1, -0.05) is 47.7 Å². The average molecular weight is 690 g/mol. The van der Waals surface area contributed by atoms with Crippen molar-refractivity contribution in [3.05, 3.63) is 150 Å². The zero-order chi connectivity index (χ0) is 34.8. The lowest BCUT2D eigenvalue weighted by atomic mass is 9.95. The van der Waals surface area contributed by atoms with Crippen LogP contribution in [0.25, 0.3) is 6.08 Å².